The molecule has 2 rings (SSSR count). The standard InChI is InChI=1S/C20H35N5O/c1-5-21-20(22-11-13-24(3)14-15-26-4)23-18-10-12-25(16-18)19-8-6-17(2)7-9-19/h6-9,18H,5,10-16H2,1-4H3,(H2,21,22,23). The monoisotopic (exact) mass is 361 g/mol. The fraction of sp³-hybridized carbons (Fsp3) is 0.650. The minimum absolute atomic E-state index is 0.431. The minimum Gasteiger partial charge on any atom is -0.383 e. The smallest absolute Gasteiger partial charge is 0.191 e. The zero-order valence-electron chi connectivity index (χ0n) is 16.8. The molecular formula is C20H35N5O. The molecular weight excluding hydrogens is 326 g/mol. The van der Waals surface area contributed by atoms with E-state index in [4.69, 9.17) is 9.73 Å². The summed E-state index contributed by atoms with van der Waals surface area (Å²) >= 11 is 0. The molecule has 0 aromatic heterocycles. The summed E-state index contributed by atoms with van der Waals surface area (Å²) in [6, 6.07) is 9.23. The summed E-state index contributed by atoms with van der Waals surface area (Å²) in [6.45, 7) is 10.6. The lowest BCUT2D eigenvalue weighted by molar-refractivity contribution is 0.163. The van der Waals surface area contributed by atoms with Crippen molar-refractivity contribution in [3.8, 4) is 0 Å². The van der Waals surface area contributed by atoms with Crippen molar-refractivity contribution in [3.05, 3.63) is 29.8 Å². The van der Waals surface area contributed by atoms with Gasteiger partial charge >= 0.3 is 0 Å². The highest BCUT2D eigenvalue weighted by atomic mass is 16.5. The van der Waals surface area contributed by atoms with Gasteiger partial charge in [-0.2, -0.15) is 0 Å². The third kappa shape index (κ3) is 6.84. The van der Waals surface area contributed by atoms with Crippen molar-refractivity contribution in [2.45, 2.75) is 26.3 Å². The van der Waals surface area contributed by atoms with Crippen LogP contribution < -0.4 is 15.5 Å². The summed E-state index contributed by atoms with van der Waals surface area (Å²) in [6.07, 6.45) is 1.13. The van der Waals surface area contributed by atoms with Crippen LogP contribution >= 0.6 is 0 Å². The molecule has 0 saturated carbocycles. The van der Waals surface area contributed by atoms with E-state index in [-0.39, 0.29) is 0 Å². The van der Waals surface area contributed by atoms with E-state index in [1.54, 1.807) is 7.11 Å². The summed E-state index contributed by atoms with van der Waals surface area (Å²) in [7, 11) is 3.84. The lowest BCUT2D eigenvalue weighted by Crippen LogP contribution is -2.45. The van der Waals surface area contributed by atoms with Crippen LogP contribution in [-0.2, 0) is 4.74 Å². The normalized spacial score (nSPS) is 17.8. The third-order valence-corrected chi connectivity index (χ3v) is 4.70. The SMILES string of the molecule is CCNC(=NCCN(C)CCOC)NC1CCN(c2ccc(C)cc2)C1. The Morgan fingerprint density at radius 2 is 2.08 bits per heavy atom. The molecule has 1 aromatic rings. The summed E-state index contributed by atoms with van der Waals surface area (Å²) in [4.78, 5) is 9.41. The van der Waals surface area contributed by atoms with Crippen LogP contribution in [0.25, 0.3) is 0 Å². The highest BCUT2D eigenvalue weighted by Gasteiger charge is 2.23. The second-order valence-corrected chi connectivity index (χ2v) is 6.97. The molecule has 1 aromatic carbocycles. The average Bonchev–Trinajstić information content (AvgIpc) is 3.09. The fourth-order valence-electron chi connectivity index (χ4n) is 3.07. The van der Waals surface area contributed by atoms with E-state index in [1.807, 2.05) is 0 Å². The number of nitrogens with zero attached hydrogens (tertiary/aromatic N) is 3. The average molecular weight is 362 g/mol. The van der Waals surface area contributed by atoms with Gasteiger partial charge in [0.05, 0.1) is 13.2 Å². The van der Waals surface area contributed by atoms with Gasteiger partial charge in [-0.1, -0.05) is 17.7 Å². The van der Waals surface area contributed by atoms with Crippen molar-refractivity contribution in [2.24, 2.45) is 4.99 Å². The Morgan fingerprint density at radius 3 is 2.77 bits per heavy atom. The van der Waals surface area contributed by atoms with Gasteiger partial charge in [0, 0.05) is 51.6 Å². The predicted octanol–water partition coefficient (Wildman–Crippen LogP) is 1.71. The van der Waals surface area contributed by atoms with Crippen LogP contribution in [0.2, 0.25) is 0 Å². The van der Waals surface area contributed by atoms with Gasteiger partial charge in [-0.05, 0) is 39.4 Å². The number of hydrogen-bond donors (Lipinski definition) is 2. The Balaban J connectivity index is 1.81. The second-order valence-electron chi connectivity index (χ2n) is 6.97. The maximum absolute atomic E-state index is 5.11. The maximum atomic E-state index is 5.11. The van der Waals surface area contributed by atoms with Crippen molar-refractivity contribution in [1.82, 2.24) is 15.5 Å². The molecule has 1 aliphatic heterocycles. The molecule has 1 aliphatic rings. The quantitative estimate of drug-likeness (QED) is 0.518. The van der Waals surface area contributed by atoms with Gasteiger partial charge < -0.3 is 25.2 Å². The molecule has 6 heteroatoms. The van der Waals surface area contributed by atoms with Crippen molar-refractivity contribution in [3.63, 3.8) is 0 Å². The summed E-state index contributed by atoms with van der Waals surface area (Å²) in [5.74, 6) is 0.920. The highest BCUT2D eigenvalue weighted by molar-refractivity contribution is 5.80. The number of guanidine groups is 1. The van der Waals surface area contributed by atoms with Crippen molar-refractivity contribution >= 4 is 11.6 Å². The molecule has 1 saturated heterocycles. The summed E-state index contributed by atoms with van der Waals surface area (Å²) < 4.78 is 5.11. The number of aliphatic imine (C=N–C) groups is 1. The van der Waals surface area contributed by atoms with E-state index in [9.17, 15) is 0 Å². The van der Waals surface area contributed by atoms with E-state index in [1.165, 1.54) is 11.3 Å². The number of likely N-dealkylation sites (N-methyl/N-ethyl adjacent to an activating group) is 1. The summed E-state index contributed by atoms with van der Waals surface area (Å²) in [5.41, 5.74) is 2.61. The number of rotatable bonds is 9. The molecule has 1 heterocycles. The molecule has 6 nitrogen and oxygen atoms in total. The molecule has 0 bridgehead atoms. The number of hydrogen-bond acceptors (Lipinski definition) is 4. The van der Waals surface area contributed by atoms with Gasteiger partial charge in [0.25, 0.3) is 0 Å². The molecule has 0 amide bonds. The van der Waals surface area contributed by atoms with Crippen LogP contribution in [-0.4, -0.2) is 76.9 Å². The Labute approximate surface area is 158 Å². The molecule has 1 unspecified atom stereocenters. The van der Waals surface area contributed by atoms with Crippen LogP contribution in [0.3, 0.4) is 0 Å². The van der Waals surface area contributed by atoms with Gasteiger partial charge in [-0.25, -0.2) is 0 Å². The van der Waals surface area contributed by atoms with Crippen LogP contribution in [0.5, 0.6) is 0 Å². The van der Waals surface area contributed by atoms with Crippen LogP contribution in [0.15, 0.2) is 29.3 Å². The summed E-state index contributed by atoms with van der Waals surface area (Å²) in [5, 5.41) is 6.96. The Morgan fingerprint density at radius 1 is 1.31 bits per heavy atom. The molecule has 26 heavy (non-hydrogen) atoms. The van der Waals surface area contributed by atoms with Crippen LogP contribution in [0.1, 0.15) is 18.9 Å². The van der Waals surface area contributed by atoms with E-state index in [0.717, 1.165) is 58.3 Å². The molecule has 2 N–H and O–H groups in total. The van der Waals surface area contributed by atoms with E-state index in [0.29, 0.717) is 6.04 Å². The zero-order valence-corrected chi connectivity index (χ0v) is 16.8. The predicted molar refractivity (Wildman–Crippen MR) is 110 cm³/mol. The van der Waals surface area contributed by atoms with Crippen molar-refractivity contribution < 1.29 is 4.74 Å². The Hall–Kier alpha value is -1.79. The number of aryl methyl sites for hydroxylation is 1. The highest BCUT2D eigenvalue weighted by Crippen LogP contribution is 2.20. The first-order chi connectivity index (χ1) is 12.6. The van der Waals surface area contributed by atoms with E-state index in [2.05, 4.69) is 65.6 Å². The molecule has 146 valence electrons. The first-order valence-corrected chi connectivity index (χ1v) is 9.66. The van der Waals surface area contributed by atoms with Gasteiger partial charge in [0.15, 0.2) is 5.96 Å². The third-order valence-electron chi connectivity index (χ3n) is 4.70. The number of ether oxygens (including phenoxy) is 1. The van der Waals surface area contributed by atoms with Gasteiger partial charge in [0.2, 0.25) is 0 Å². The molecule has 0 spiro atoms. The van der Waals surface area contributed by atoms with Gasteiger partial charge in [-0.3, -0.25) is 4.99 Å². The Kier molecular flexibility index (Phi) is 8.71. The topological polar surface area (TPSA) is 52.1 Å². The fourth-order valence-corrected chi connectivity index (χ4v) is 3.07. The van der Waals surface area contributed by atoms with Crippen molar-refractivity contribution in [2.75, 3.05) is 64.9 Å². The van der Waals surface area contributed by atoms with Gasteiger partial charge in [0.1, 0.15) is 0 Å². The first kappa shape index (κ1) is 20.5. The number of benzene rings is 1. The van der Waals surface area contributed by atoms with Gasteiger partial charge in [-0.15, -0.1) is 0 Å². The van der Waals surface area contributed by atoms with E-state index >= 15 is 0 Å². The second kappa shape index (κ2) is 11.0. The maximum Gasteiger partial charge on any atom is 0.191 e. The molecule has 0 radical (unpaired) electrons. The Bertz CT molecular complexity index is 546. The lowest BCUT2D eigenvalue weighted by Gasteiger charge is -2.21. The number of anilines is 1. The van der Waals surface area contributed by atoms with Crippen molar-refractivity contribution in [1.29, 1.82) is 0 Å². The van der Waals surface area contributed by atoms with E-state index < -0.39 is 0 Å². The van der Waals surface area contributed by atoms with Crippen LogP contribution in [0, 0.1) is 6.92 Å². The largest absolute Gasteiger partial charge is 0.383 e. The number of methoxy groups -OCH3 is 1. The molecule has 1 fully saturated rings. The first-order valence-electron chi connectivity index (χ1n) is 9.66. The lowest BCUT2D eigenvalue weighted by atomic mass is 10.2. The zero-order chi connectivity index (χ0) is 18.8. The number of nitrogens with one attached hydrogen (secondary N) is 2. The minimum atomic E-state index is 0.431. The van der Waals surface area contributed by atoms with Crippen LogP contribution in [0.4, 0.5) is 5.69 Å². The molecule has 1 atom stereocenters. The molecule has 0 aliphatic carbocycles.